The molecule has 2 aliphatic rings. The van der Waals surface area contributed by atoms with Crippen LogP contribution in [0.5, 0.6) is 5.75 Å². The second-order valence-electron chi connectivity index (χ2n) is 6.49. The van der Waals surface area contributed by atoms with Gasteiger partial charge in [0.1, 0.15) is 0 Å². The van der Waals surface area contributed by atoms with E-state index >= 15 is 0 Å². The van der Waals surface area contributed by atoms with Gasteiger partial charge < -0.3 is 4.74 Å². The first-order valence-electron chi connectivity index (χ1n) is 8.29. The van der Waals surface area contributed by atoms with E-state index < -0.39 is 29.0 Å². The number of halogens is 4. The van der Waals surface area contributed by atoms with Crippen molar-refractivity contribution >= 4 is 23.2 Å². The minimum Gasteiger partial charge on any atom is -0.494 e. The third-order valence-corrected chi connectivity index (χ3v) is 6.11. The molecule has 0 saturated heterocycles. The molecule has 3 nitrogen and oxygen atoms in total. The summed E-state index contributed by atoms with van der Waals surface area (Å²) >= 11 is 1.06. The van der Waals surface area contributed by atoms with Crippen LogP contribution in [-0.4, -0.2) is 24.2 Å². The van der Waals surface area contributed by atoms with Gasteiger partial charge in [-0.1, -0.05) is 23.8 Å². The van der Waals surface area contributed by atoms with E-state index in [0.717, 1.165) is 17.3 Å². The number of alkyl halides is 3. The third-order valence-electron chi connectivity index (χ3n) is 4.81. The van der Waals surface area contributed by atoms with Crippen LogP contribution in [0.1, 0.15) is 22.7 Å². The van der Waals surface area contributed by atoms with Crippen molar-refractivity contribution < 1.29 is 22.3 Å². The number of fused-ring (bicyclic) bond motifs is 3. The number of hydrazone groups is 1. The van der Waals surface area contributed by atoms with Gasteiger partial charge in [0.2, 0.25) is 0 Å². The number of aryl methyl sites for hydroxylation is 1. The van der Waals surface area contributed by atoms with Crippen molar-refractivity contribution in [1.82, 2.24) is 0 Å². The highest BCUT2D eigenvalue weighted by atomic mass is 32.2. The van der Waals surface area contributed by atoms with Gasteiger partial charge in [-0.2, -0.15) is 18.3 Å². The van der Waals surface area contributed by atoms with Crippen molar-refractivity contribution in [2.45, 2.75) is 30.1 Å². The van der Waals surface area contributed by atoms with E-state index in [0.29, 0.717) is 16.8 Å². The fourth-order valence-electron chi connectivity index (χ4n) is 3.48. The Morgan fingerprint density at radius 2 is 1.85 bits per heavy atom. The second-order valence-corrected chi connectivity index (χ2v) is 7.62. The lowest BCUT2D eigenvalue weighted by atomic mass is 9.95. The molecule has 2 aromatic rings. The van der Waals surface area contributed by atoms with Crippen molar-refractivity contribution in [2.24, 2.45) is 5.10 Å². The fourth-order valence-corrected chi connectivity index (χ4v) is 4.90. The zero-order valence-corrected chi connectivity index (χ0v) is 15.4. The Kier molecular flexibility index (Phi) is 4.33. The molecule has 142 valence electrons. The number of thioether (sulfide) groups is 1. The maximum absolute atomic E-state index is 14.7. The Morgan fingerprint density at radius 1 is 1.15 bits per heavy atom. The average Bonchev–Trinajstić information content (AvgIpc) is 3.03. The minimum absolute atomic E-state index is 0.0876. The molecule has 27 heavy (non-hydrogen) atoms. The van der Waals surface area contributed by atoms with Gasteiger partial charge in [-0.25, -0.2) is 4.39 Å². The van der Waals surface area contributed by atoms with Crippen LogP contribution in [0.4, 0.5) is 23.2 Å². The summed E-state index contributed by atoms with van der Waals surface area (Å²) in [7, 11) is 1.36. The van der Waals surface area contributed by atoms with Gasteiger partial charge in [-0.3, -0.25) is 5.01 Å². The molecular weight excluding hydrogens is 380 g/mol. The summed E-state index contributed by atoms with van der Waals surface area (Å²) in [4.78, 5) is 0. The van der Waals surface area contributed by atoms with Crippen molar-refractivity contribution in [2.75, 3.05) is 12.1 Å². The predicted molar refractivity (Wildman–Crippen MR) is 97.9 cm³/mol. The first kappa shape index (κ1) is 18.2. The summed E-state index contributed by atoms with van der Waals surface area (Å²) in [6.07, 6.45) is -4.54. The molecule has 0 aliphatic carbocycles. The van der Waals surface area contributed by atoms with Crippen LogP contribution >= 0.6 is 11.8 Å². The highest BCUT2D eigenvalue weighted by Gasteiger charge is 2.53. The number of anilines is 1. The molecule has 0 spiro atoms. The molecule has 0 bridgehead atoms. The maximum Gasteiger partial charge on any atom is 0.432 e. The minimum atomic E-state index is -4.54. The van der Waals surface area contributed by atoms with Gasteiger partial charge in [0, 0.05) is 11.3 Å². The summed E-state index contributed by atoms with van der Waals surface area (Å²) in [5.74, 6) is -0.300. The Bertz CT molecular complexity index is 911. The van der Waals surface area contributed by atoms with Crippen LogP contribution in [0.2, 0.25) is 0 Å². The lowest BCUT2D eigenvalue weighted by Crippen LogP contribution is -2.36. The molecule has 4 rings (SSSR count). The van der Waals surface area contributed by atoms with E-state index in [2.05, 4.69) is 5.10 Å². The van der Waals surface area contributed by atoms with Crippen LogP contribution in [0, 0.1) is 12.7 Å². The SMILES string of the molecule is COc1ccc2c(c1F)CSC1C(C(F)(F)F)=NN(c3ccc(C)cc3)C21. The Balaban J connectivity index is 1.86. The first-order valence-corrected chi connectivity index (χ1v) is 9.34. The molecule has 2 aromatic carbocycles. The fraction of sp³-hybridized carbons (Fsp3) is 0.316. The maximum atomic E-state index is 14.7. The van der Waals surface area contributed by atoms with E-state index in [9.17, 15) is 17.6 Å². The molecule has 0 fully saturated rings. The van der Waals surface area contributed by atoms with E-state index in [4.69, 9.17) is 4.74 Å². The van der Waals surface area contributed by atoms with E-state index in [-0.39, 0.29) is 11.5 Å². The topological polar surface area (TPSA) is 24.8 Å². The molecule has 0 saturated carbocycles. The largest absolute Gasteiger partial charge is 0.494 e. The van der Waals surface area contributed by atoms with E-state index in [1.165, 1.54) is 18.2 Å². The van der Waals surface area contributed by atoms with Crippen molar-refractivity contribution in [3.63, 3.8) is 0 Å². The number of nitrogens with zero attached hydrogens (tertiary/aromatic N) is 2. The van der Waals surface area contributed by atoms with Crippen LogP contribution in [0.25, 0.3) is 0 Å². The van der Waals surface area contributed by atoms with Gasteiger partial charge >= 0.3 is 6.18 Å². The van der Waals surface area contributed by atoms with Gasteiger partial charge in [0.25, 0.3) is 0 Å². The molecular formula is C19H16F4N2OS. The van der Waals surface area contributed by atoms with E-state index in [1.807, 2.05) is 19.1 Å². The smallest absolute Gasteiger partial charge is 0.432 e. The monoisotopic (exact) mass is 396 g/mol. The molecule has 8 heteroatoms. The normalized spacial score (nSPS) is 21.6. The standard InChI is InChI=1S/C19H16F4N2OS/c1-10-3-5-11(6-4-10)25-16-12-7-8-14(26-2)15(20)13(12)9-27-17(16)18(24-25)19(21,22)23/h3-8,16-17H,9H2,1-2H3. The molecule has 0 radical (unpaired) electrons. The highest BCUT2D eigenvalue weighted by Crippen LogP contribution is 2.50. The van der Waals surface area contributed by atoms with E-state index in [1.54, 1.807) is 18.2 Å². The first-order chi connectivity index (χ1) is 12.8. The summed E-state index contributed by atoms with van der Waals surface area (Å²) in [6, 6.07) is 9.47. The molecule has 2 unspecified atom stereocenters. The van der Waals surface area contributed by atoms with Crippen molar-refractivity contribution in [3.05, 3.63) is 58.9 Å². The zero-order chi connectivity index (χ0) is 19.3. The van der Waals surface area contributed by atoms with Gasteiger partial charge in [0.05, 0.1) is 24.1 Å². The number of benzene rings is 2. The number of ether oxygens (including phenoxy) is 1. The van der Waals surface area contributed by atoms with Crippen LogP contribution in [0.15, 0.2) is 41.5 Å². The second kappa shape index (κ2) is 6.44. The summed E-state index contributed by atoms with van der Waals surface area (Å²) < 4.78 is 60.5. The lowest BCUT2D eigenvalue weighted by Gasteiger charge is -2.34. The Morgan fingerprint density at radius 3 is 2.48 bits per heavy atom. The average molecular weight is 396 g/mol. The number of methoxy groups -OCH3 is 1. The van der Waals surface area contributed by atoms with Gasteiger partial charge in [0.15, 0.2) is 17.3 Å². The molecule has 2 heterocycles. The Labute approximate surface area is 158 Å². The molecule has 0 amide bonds. The van der Waals surface area contributed by atoms with Crippen LogP contribution in [-0.2, 0) is 5.75 Å². The zero-order valence-electron chi connectivity index (χ0n) is 14.5. The highest BCUT2D eigenvalue weighted by molar-refractivity contribution is 8.00. The summed E-state index contributed by atoms with van der Waals surface area (Å²) in [6.45, 7) is 1.90. The number of hydrogen-bond donors (Lipinski definition) is 0. The molecule has 2 atom stereocenters. The van der Waals surface area contributed by atoms with Crippen molar-refractivity contribution in [3.8, 4) is 5.75 Å². The quantitative estimate of drug-likeness (QED) is 0.649. The van der Waals surface area contributed by atoms with Gasteiger partial charge in [-0.05, 0) is 30.7 Å². The van der Waals surface area contributed by atoms with Crippen LogP contribution < -0.4 is 9.75 Å². The molecule has 0 aromatic heterocycles. The molecule has 0 N–H and O–H groups in total. The predicted octanol–water partition coefficient (Wildman–Crippen LogP) is 5.24. The number of hydrogen-bond acceptors (Lipinski definition) is 4. The molecule has 2 aliphatic heterocycles. The third kappa shape index (κ3) is 2.96. The lowest BCUT2D eigenvalue weighted by molar-refractivity contribution is -0.0597. The van der Waals surface area contributed by atoms with Crippen LogP contribution in [0.3, 0.4) is 0 Å². The van der Waals surface area contributed by atoms with Crippen molar-refractivity contribution in [1.29, 1.82) is 0 Å². The number of rotatable bonds is 2. The summed E-state index contributed by atoms with van der Waals surface area (Å²) in [5.41, 5.74) is 1.58. The Hall–Kier alpha value is -2.22. The summed E-state index contributed by atoms with van der Waals surface area (Å²) in [5, 5.41) is 4.38. The van der Waals surface area contributed by atoms with Gasteiger partial charge in [-0.15, -0.1) is 11.8 Å².